The molecule has 1 fully saturated rings. The first-order valence-electron chi connectivity index (χ1n) is 7.23. The predicted molar refractivity (Wildman–Crippen MR) is 80.1 cm³/mol. The first-order valence-corrected chi connectivity index (χ1v) is 7.23. The van der Waals surface area contributed by atoms with Crippen molar-refractivity contribution in [3.63, 3.8) is 0 Å². The molecule has 114 valence electrons. The zero-order valence-corrected chi connectivity index (χ0v) is 12.3. The Morgan fingerprint density at radius 3 is 2.68 bits per heavy atom. The molecule has 1 aromatic carbocycles. The fourth-order valence-electron chi connectivity index (χ4n) is 2.41. The Morgan fingerprint density at radius 1 is 1.32 bits per heavy atom. The molecule has 0 atom stereocenters. The van der Waals surface area contributed by atoms with Crippen LogP contribution in [-0.2, 0) is 6.54 Å². The van der Waals surface area contributed by atoms with E-state index >= 15 is 0 Å². The molecule has 0 N–H and O–H groups in total. The Morgan fingerprint density at radius 2 is 2.05 bits per heavy atom. The van der Waals surface area contributed by atoms with E-state index < -0.39 is 0 Å². The second-order valence-corrected chi connectivity index (χ2v) is 5.35. The van der Waals surface area contributed by atoms with E-state index in [0.29, 0.717) is 18.0 Å². The van der Waals surface area contributed by atoms with Crippen LogP contribution in [0.2, 0.25) is 0 Å². The van der Waals surface area contributed by atoms with Gasteiger partial charge in [-0.1, -0.05) is 12.1 Å². The summed E-state index contributed by atoms with van der Waals surface area (Å²) in [6, 6.07) is 9.91. The van der Waals surface area contributed by atoms with E-state index in [4.69, 9.17) is 4.74 Å². The van der Waals surface area contributed by atoms with Gasteiger partial charge in [0.05, 0.1) is 7.11 Å². The predicted octanol–water partition coefficient (Wildman–Crippen LogP) is 3.03. The van der Waals surface area contributed by atoms with Crippen LogP contribution in [0.25, 0.3) is 0 Å². The number of benzene rings is 1. The van der Waals surface area contributed by atoms with Gasteiger partial charge in [0.25, 0.3) is 5.91 Å². The summed E-state index contributed by atoms with van der Waals surface area (Å²) in [4.78, 5) is 18.7. The van der Waals surface area contributed by atoms with E-state index in [9.17, 15) is 9.18 Å². The third kappa shape index (κ3) is 3.08. The highest BCUT2D eigenvalue weighted by Gasteiger charge is 2.34. The molecule has 3 rings (SSSR count). The molecule has 22 heavy (non-hydrogen) atoms. The van der Waals surface area contributed by atoms with Crippen LogP contribution >= 0.6 is 0 Å². The number of carbonyl (C=O) groups excluding carboxylic acids is 1. The second-order valence-electron chi connectivity index (χ2n) is 5.35. The van der Waals surface area contributed by atoms with Crippen molar-refractivity contribution in [2.24, 2.45) is 0 Å². The lowest BCUT2D eigenvalue weighted by molar-refractivity contribution is 0.0725. The topological polar surface area (TPSA) is 42.4 Å². The van der Waals surface area contributed by atoms with Gasteiger partial charge in [-0.25, -0.2) is 9.37 Å². The number of carbonyl (C=O) groups is 1. The Bertz CT molecular complexity index is 669. The fraction of sp³-hybridized carbons (Fsp3) is 0.294. The summed E-state index contributed by atoms with van der Waals surface area (Å²) in [5.41, 5.74) is 1.36. The number of nitrogens with zero attached hydrogens (tertiary/aromatic N) is 2. The van der Waals surface area contributed by atoms with Crippen molar-refractivity contribution < 1.29 is 13.9 Å². The molecular weight excluding hydrogens is 283 g/mol. The van der Waals surface area contributed by atoms with Gasteiger partial charge in [0.15, 0.2) is 0 Å². The lowest BCUT2D eigenvalue weighted by Gasteiger charge is -2.23. The van der Waals surface area contributed by atoms with Crippen molar-refractivity contribution in [1.29, 1.82) is 0 Å². The molecular formula is C17H17FN2O2. The van der Waals surface area contributed by atoms with Crippen LogP contribution in [0.1, 0.15) is 28.8 Å². The van der Waals surface area contributed by atoms with E-state index in [-0.39, 0.29) is 17.8 Å². The van der Waals surface area contributed by atoms with Gasteiger partial charge in [0.1, 0.15) is 11.4 Å². The van der Waals surface area contributed by atoms with Gasteiger partial charge in [-0.05, 0) is 42.7 Å². The summed E-state index contributed by atoms with van der Waals surface area (Å²) in [6.45, 7) is 0.460. The first-order chi connectivity index (χ1) is 10.7. The maximum Gasteiger partial charge on any atom is 0.259 e. The minimum absolute atomic E-state index is 0.100. The van der Waals surface area contributed by atoms with Crippen molar-refractivity contribution in [1.82, 2.24) is 9.88 Å². The number of hydrogen-bond acceptors (Lipinski definition) is 3. The van der Waals surface area contributed by atoms with Gasteiger partial charge in [-0.3, -0.25) is 4.79 Å². The van der Waals surface area contributed by atoms with Crippen LogP contribution < -0.4 is 4.74 Å². The number of rotatable bonds is 5. The standard InChI is InChI=1S/C17H17FN2O2/c1-22-16-15(3-2-10-19-16)17(21)20(14-8-9-14)11-12-4-6-13(18)7-5-12/h2-7,10,14H,8-9,11H2,1H3. The van der Waals surface area contributed by atoms with Crippen LogP contribution in [0.4, 0.5) is 4.39 Å². The molecule has 0 saturated heterocycles. The molecule has 1 heterocycles. The molecule has 1 aliphatic carbocycles. The zero-order valence-electron chi connectivity index (χ0n) is 12.3. The van der Waals surface area contributed by atoms with Crippen molar-refractivity contribution in [3.05, 3.63) is 59.5 Å². The summed E-state index contributed by atoms with van der Waals surface area (Å²) in [6.07, 6.45) is 3.59. The Balaban J connectivity index is 1.84. The molecule has 2 aromatic rings. The summed E-state index contributed by atoms with van der Waals surface area (Å²) in [5, 5.41) is 0. The molecule has 0 radical (unpaired) electrons. The average Bonchev–Trinajstić information content (AvgIpc) is 3.38. The molecule has 0 bridgehead atoms. The average molecular weight is 300 g/mol. The maximum absolute atomic E-state index is 13.0. The number of aromatic nitrogens is 1. The Kier molecular flexibility index (Phi) is 4.04. The maximum atomic E-state index is 13.0. The van der Waals surface area contributed by atoms with Crippen LogP contribution in [0.15, 0.2) is 42.6 Å². The molecule has 1 amide bonds. The van der Waals surface area contributed by atoms with Gasteiger partial charge in [-0.2, -0.15) is 0 Å². The largest absolute Gasteiger partial charge is 0.480 e. The van der Waals surface area contributed by atoms with E-state index in [1.54, 1.807) is 30.5 Å². The second kappa shape index (κ2) is 6.13. The van der Waals surface area contributed by atoms with Crippen LogP contribution in [0, 0.1) is 5.82 Å². The molecule has 0 aliphatic heterocycles. The van der Waals surface area contributed by atoms with Crippen LogP contribution in [0.3, 0.4) is 0 Å². The minimum atomic E-state index is -0.276. The molecule has 0 spiro atoms. The van der Waals surface area contributed by atoms with Crippen LogP contribution in [-0.4, -0.2) is 28.9 Å². The number of halogens is 1. The number of ether oxygens (including phenoxy) is 1. The van der Waals surface area contributed by atoms with Crippen molar-refractivity contribution in [2.75, 3.05) is 7.11 Å². The highest BCUT2D eigenvalue weighted by molar-refractivity contribution is 5.96. The first kappa shape index (κ1) is 14.5. The van der Waals surface area contributed by atoms with E-state index in [2.05, 4.69) is 4.98 Å². The van der Waals surface area contributed by atoms with Crippen molar-refractivity contribution >= 4 is 5.91 Å². The van der Waals surface area contributed by atoms with Gasteiger partial charge in [0, 0.05) is 18.8 Å². The van der Waals surface area contributed by atoms with Crippen LogP contribution in [0.5, 0.6) is 5.88 Å². The number of pyridine rings is 1. The Hall–Kier alpha value is -2.43. The quantitative estimate of drug-likeness (QED) is 0.852. The number of amides is 1. The third-order valence-electron chi connectivity index (χ3n) is 3.71. The monoisotopic (exact) mass is 300 g/mol. The van der Waals surface area contributed by atoms with Gasteiger partial charge in [-0.15, -0.1) is 0 Å². The minimum Gasteiger partial charge on any atom is -0.480 e. The number of methoxy groups -OCH3 is 1. The van der Waals surface area contributed by atoms with Crippen molar-refractivity contribution in [3.8, 4) is 5.88 Å². The third-order valence-corrected chi connectivity index (χ3v) is 3.71. The highest BCUT2D eigenvalue weighted by atomic mass is 19.1. The SMILES string of the molecule is COc1ncccc1C(=O)N(Cc1ccc(F)cc1)C1CC1. The van der Waals surface area contributed by atoms with E-state index in [1.807, 2.05) is 4.90 Å². The fourth-order valence-corrected chi connectivity index (χ4v) is 2.41. The Labute approximate surface area is 128 Å². The number of hydrogen-bond donors (Lipinski definition) is 0. The molecule has 1 saturated carbocycles. The summed E-state index contributed by atoms with van der Waals surface area (Å²) in [7, 11) is 1.50. The zero-order chi connectivity index (χ0) is 15.5. The van der Waals surface area contributed by atoms with Gasteiger partial charge >= 0.3 is 0 Å². The molecule has 5 heteroatoms. The van der Waals surface area contributed by atoms with E-state index in [1.165, 1.54) is 19.2 Å². The molecule has 1 aromatic heterocycles. The van der Waals surface area contributed by atoms with Gasteiger partial charge < -0.3 is 9.64 Å². The smallest absolute Gasteiger partial charge is 0.259 e. The molecule has 4 nitrogen and oxygen atoms in total. The summed E-state index contributed by atoms with van der Waals surface area (Å²) in [5.74, 6) is -0.0454. The lowest BCUT2D eigenvalue weighted by Crippen LogP contribution is -2.33. The van der Waals surface area contributed by atoms with Gasteiger partial charge in [0.2, 0.25) is 5.88 Å². The van der Waals surface area contributed by atoms with E-state index in [0.717, 1.165) is 18.4 Å². The normalized spacial score (nSPS) is 13.7. The summed E-state index contributed by atoms with van der Waals surface area (Å²) >= 11 is 0. The highest BCUT2D eigenvalue weighted by Crippen LogP contribution is 2.31. The van der Waals surface area contributed by atoms with Crippen molar-refractivity contribution in [2.45, 2.75) is 25.4 Å². The summed E-state index contributed by atoms with van der Waals surface area (Å²) < 4.78 is 18.2. The molecule has 0 unspecified atom stereocenters. The lowest BCUT2D eigenvalue weighted by atomic mass is 10.1. The molecule has 1 aliphatic rings.